The number of imidazole rings is 1. The van der Waals surface area contributed by atoms with E-state index in [1.165, 1.54) is 14.7 Å². The van der Waals surface area contributed by atoms with E-state index in [-0.39, 0.29) is 11.2 Å². The molecule has 0 fully saturated rings. The molecular formula is C19H23N5O2. The van der Waals surface area contributed by atoms with Gasteiger partial charge in [0, 0.05) is 32.4 Å². The van der Waals surface area contributed by atoms with Crippen molar-refractivity contribution in [3.05, 3.63) is 50.7 Å². The average molecular weight is 353 g/mol. The maximum Gasteiger partial charge on any atom is 0.332 e. The van der Waals surface area contributed by atoms with Gasteiger partial charge in [0.05, 0.1) is 0 Å². The summed E-state index contributed by atoms with van der Waals surface area (Å²) in [6, 6.07) is 8.40. The Bertz CT molecular complexity index is 1090. The topological polar surface area (TPSA) is 65.1 Å². The van der Waals surface area contributed by atoms with E-state index in [1.807, 2.05) is 11.5 Å². The Morgan fingerprint density at radius 2 is 1.81 bits per heavy atom. The van der Waals surface area contributed by atoms with Gasteiger partial charge in [0.25, 0.3) is 5.56 Å². The van der Waals surface area contributed by atoms with Crippen molar-refractivity contribution in [1.29, 1.82) is 0 Å². The van der Waals surface area contributed by atoms with E-state index in [2.05, 4.69) is 41.1 Å². The van der Waals surface area contributed by atoms with Crippen LogP contribution in [0, 0.1) is 0 Å². The van der Waals surface area contributed by atoms with Crippen molar-refractivity contribution >= 4 is 22.8 Å². The molecular weight excluding hydrogens is 330 g/mol. The first-order valence-corrected chi connectivity index (χ1v) is 9.13. The van der Waals surface area contributed by atoms with Gasteiger partial charge in [-0.05, 0) is 30.5 Å². The van der Waals surface area contributed by atoms with Crippen LogP contribution < -0.4 is 16.1 Å². The van der Waals surface area contributed by atoms with Crippen LogP contribution in [0.3, 0.4) is 0 Å². The summed E-state index contributed by atoms with van der Waals surface area (Å²) >= 11 is 0. The van der Waals surface area contributed by atoms with Crippen molar-refractivity contribution in [3.8, 4) is 0 Å². The summed E-state index contributed by atoms with van der Waals surface area (Å²) in [7, 11) is 1.68. The minimum atomic E-state index is -0.306. The molecule has 3 heterocycles. The Kier molecular flexibility index (Phi) is 3.94. The van der Waals surface area contributed by atoms with E-state index < -0.39 is 0 Å². The largest absolute Gasteiger partial charge is 0.332 e. The second-order valence-corrected chi connectivity index (χ2v) is 6.71. The number of hydrogen-bond donors (Lipinski definition) is 0. The fourth-order valence-electron chi connectivity index (χ4n) is 3.65. The van der Waals surface area contributed by atoms with E-state index in [0.717, 1.165) is 31.0 Å². The van der Waals surface area contributed by atoms with Crippen LogP contribution in [-0.4, -0.2) is 25.2 Å². The molecule has 136 valence electrons. The van der Waals surface area contributed by atoms with Gasteiger partial charge >= 0.3 is 5.69 Å². The van der Waals surface area contributed by atoms with Crippen LogP contribution in [0.1, 0.15) is 25.8 Å². The van der Waals surface area contributed by atoms with Crippen LogP contribution in [0.5, 0.6) is 0 Å². The molecule has 0 aliphatic carbocycles. The zero-order valence-electron chi connectivity index (χ0n) is 15.4. The third-order valence-electron chi connectivity index (χ3n) is 5.10. The summed E-state index contributed by atoms with van der Waals surface area (Å²) < 4.78 is 4.74. The Balaban J connectivity index is 1.90. The molecule has 0 atom stereocenters. The monoisotopic (exact) mass is 353 g/mol. The lowest BCUT2D eigenvalue weighted by molar-refractivity contribution is 0.590. The lowest BCUT2D eigenvalue weighted by Crippen LogP contribution is -2.39. The van der Waals surface area contributed by atoms with Crippen LogP contribution in [0.2, 0.25) is 0 Å². The second-order valence-electron chi connectivity index (χ2n) is 6.71. The lowest BCUT2D eigenvalue weighted by atomic mass is 10.1. The van der Waals surface area contributed by atoms with E-state index in [9.17, 15) is 9.59 Å². The number of benzene rings is 1. The fourth-order valence-corrected chi connectivity index (χ4v) is 3.65. The number of nitrogens with zero attached hydrogens (tertiary/aromatic N) is 5. The van der Waals surface area contributed by atoms with Crippen molar-refractivity contribution in [2.75, 3.05) is 11.4 Å². The molecule has 0 amide bonds. The van der Waals surface area contributed by atoms with Crippen molar-refractivity contribution in [1.82, 2.24) is 18.7 Å². The second kappa shape index (κ2) is 6.16. The summed E-state index contributed by atoms with van der Waals surface area (Å²) in [6.07, 6.45) is 1.73. The Morgan fingerprint density at radius 1 is 1.08 bits per heavy atom. The van der Waals surface area contributed by atoms with Crippen molar-refractivity contribution < 1.29 is 0 Å². The molecule has 26 heavy (non-hydrogen) atoms. The quantitative estimate of drug-likeness (QED) is 0.720. The zero-order chi connectivity index (χ0) is 18.4. The number of hydrogen-bond acceptors (Lipinski definition) is 4. The van der Waals surface area contributed by atoms with Gasteiger partial charge in [-0.2, -0.15) is 4.98 Å². The first kappa shape index (κ1) is 16.6. The number of aromatic nitrogens is 4. The summed E-state index contributed by atoms with van der Waals surface area (Å²) in [6.45, 7) is 5.95. The van der Waals surface area contributed by atoms with E-state index in [4.69, 9.17) is 0 Å². The zero-order valence-corrected chi connectivity index (χ0v) is 15.4. The molecule has 7 heteroatoms. The molecule has 1 aliphatic heterocycles. The molecule has 1 aliphatic rings. The van der Waals surface area contributed by atoms with E-state index >= 15 is 0 Å². The first-order valence-electron chi connectivity index (χ1n) is 9.13. The van der Waals surface area contributed by atoms with Crippen LogP contribution in [0.25, 0.3) is 11.2 Å². The minimum absolute atomic E-state index is 0.244. The van der Waals surface area contributed by atoms with Gasteiger partial charge in [-0.25, -0.2) is 4.79 Å². The number of rotatable bonds is 4. The van der Waals surface area contributed by atoms with Crippen LogP contribution in [0.15, 0.2) is 33.9 Å². The highest BCUT2D eigenvalue weighted by atomic mass is 16.2. The summed E-state index contributed by atoms with van der Waals surface area (Å²) in [5.41, 5.74) is 2.76. The third-order valence-corrected chi connectivity index (χ3v) is 5.10. The highest BCUT2D eigenvalue weighted by Crippen LogP contribution is 2.31. The van der Waals surface area contributed by atoms with Crippen LogP contribution >= 0.6 is 0 Å². The van der Waals surface area contributed by atoms with Crippen molar-refractivity contribution in [2.45, 2.75) is 39.8 Å². The molecule has 1 aromatic carbocycles. The predicted octanol–water partition coefficient (Wildman–Crippen LogP) is 2.02. The van der Waals surface area contributed by atoms with Gasteiger partial charge in [0.2, 0.25) is 5.95 Å². The lowest BCUT2D eigenvalue weighted by Gasteiger charge is -2.16. The highest BCUT2D eigenvalue weighted by molar-refractivity contribution is 5.77. The normalized spacial score (nSPS) is 13.6. The smallest absolute Gasteiger partial charge is 0.310 e. The van der Waals surface area contributed by atoms with Crippen LogP contribution in [0.4, 0.5) is 11.6 Å². The molecule has 0 unspecified atom stereocenters. The highest BCUT2D eigenvalue weighted by Gasteiger charge is 2.28. The Labute approximate surface area is 151 Å². The summed E-state index contributed by atoms with van der Waals surface area (Å²) in [5.74, 6) is 0.727. The number of aryl methyl sites for hydroxylation is 2. The number of anilines is 2. The van der Waals surface area contributed by atoms with Crippen LogP contribution in [-0.2, 0) is 26.6 Å². The molecule has 3 aromatic rings. The van der Waals surface area contributed by atoms with E-state index in [1.54, 1.807) is 7.05 Å². The summed E-state index contributed by atoms with van der Waals surface area (Å²) in [5, 5.41) is 0. The molecule has 0 radical (unpaired) electrons. The van der Waals surface area contributed by atoms with Gasteiger partial charge in [0.15, 0.2) is 11.2 Å². The standard InChI is InChI=1S/C19H23N5O2/c1-4-10-24-17(25)15-16(21(3)19(24)26)20-18-22(11-12-23(15)18)14-8-6-13(5-2)7-9-14/h6-9H,4-5,10-12H2,1-3H3. The predicted molar refractivity (Wildman–Crippen MR) is 102 cm³/mol. The SMILES string of the molecule is CCCn1c(=O)c2c(nc3n2CCN3c2ccc(CC)cc2)n(C)c1=O. The maximum absolute atomic E-state index is 12.9. The third kappa shape index (κ3) is 2.30. The maximum atomic E-state index is 12.9. The molecule has 0 saturated heterocycles. The van der Waals surface area contributed by atoms with Gasteiger partial charge in [0.1, 0.15) is 0 Å². The van der Waals surface area contributed by atoms with Gasteiger partial charge in [-0.1, -0.05) is 26.0 Å². The van der Waals surface area contributed by atoms with E-state index in [0.29, 0.717) is 24.3 Å². The molecule has 4 rings (SSSR count). The molecule has 0 spiro atoms. The molecule has 7 nitrogen and oxygen atoms in total. The Hall–Kier alpha value is -2.83. The average Bonchev–Trinajstić information content (AvgIpc) is 3.23. The number of fused-ring (bicyclic) bond motifs is 3. The van der Waals surface area contributed by atoms with Gasteiger partial charge < -0.3 is 9.47 Å². The molecule has 2 aromatic heterocycles. The van der Waals surface area contributed by atoms with Crippen molar-refractivity contribution in [3.63, 3.8) is 0 Å². The molecule has 0 bridgehead atoms. The van der Waals surface area contributed by atoms with Crippen molar-refractivity contribution in [2.24, 2.45) is 7.05 Å². The van der Waals surface area contributed by atoms with Gasteiger partial charge in [-0.3, -0.25) is 13.9 Å². The van der Waals surface area contributed by atoms with Gasteiger partial charge in [-0.15, -0.1) is 0 Å². The fraction of sp³-hybridized carbons (Fsp3) is 0.421. The Morgan fingerprint density at radius 3 is 2.46 bits per heavy atom. The minimum Gasteiger partial charge on any atom is -0.310 e. The molecule has 0 N–H and O–H groups in total. The first-order chi connectivity index (χ1) is 12.6. The summed E-state index contributed by atoms with van der Waals surface area (Å²) in [4.78, 5) is 32.2. The molecule has 0 saturated carbocycles.